The lowest BCUT2D eigenvalue weighted by atomic mass is 10.1. The third-order valence-corrected chi connectivity index (χ3v) is 3.78. The minimum Gasteiger partial charge on any atom is -0.462 e. The maximum Gasteiger partial charge on any atom is 0.340 e. The number of amides is 1. The van der Waals surface area contributed by atoms with Crippen LogP contribution in [-0.4, -0.2) is 30.0 Å². The summed E-state index contributed by atoms with van der Waals surface area (Å²) in [6.45, 7) is 4.87. The molecular weight excluding hydrogens is 330 g/mol. The molecule has 2 N–H and O–H groups in total. The molecule has 0 aliphatic heterocycles. The number of carbonyl (C=O) groups excluding carboxylic acids is 2. The quantitative estimate of drug-likeness (QED) is 0.526. The van der Waals surface area contributed by atoms with Crippen LogP contribution in [0, 0.1) is 0 Å². The minimum absolute atomic E-state index is 0.132. The highest BCUT2D eigenvalue weighted by atomic mass is 16.5. The average molecular weight is 355 g/mol. The number of anilines is 2. The zero-order chi connectivity index (χ0) is 18.8. The number of esters is 1. The van der Waals surface area contributed by atoms with Crippen molar-refractivity contribution in [3.05, 3.63) is 53.7 Å². The Morgan fingerprint density at radius 2 is 1.88 bits per heavy atom. The first kappa shape index (κ1) is 19.4. The van der Waals surface area contributed by atoms with Gasteiger partial charge in [0.1, 0.15) is 5.82 Å². The lowest BCUT2D eigenvalue weighted by Gasteiger charge is -2.11. The van der Waals surface area contributed by atoms with Crippen molar-refractivity contribution in [1.82, 2.24) is 10.3 Å². The van der Waals surface area contributed by atoms with Crippen LogP contribution in [0.1, 0.15) is 53.8 Å². The molecule has 6 nitrogen and oxygen atoms in total. The van der Waals surface area contributed by atoms with Crippen LogP contribution in [0.2, 0.25) is 0 Å². The molecular formula is C20H25N3O3. The van der Waals surface area contributed by atoms with E-state index in [1.54, 1.807) is 37.3 Å². The maximum atomic E-state index is 12.1. The first-order valence-electron chi connectivity index (χ1n) is 8.93. The third kappa shape index (κ3) is 5.58. The van der Waals surface area contributed by atoms with Gasteiger partial charge in [0.25, 0.3) is 5.91 Å². The number of unbranched alkanes of at least 4 members (excludes halogenated alkanes) is 2. The molecule has 1 aromatic heterocycles. The summed E-state index contributed by atoms with van der Waals surface area (Å²) in [7, 11) is 0. The van der Waals surface area contributed by atoms with Gasteiger partial charge >= 0.3 is 5.97 Å². The summed E-state index contributed by atoms with van der Waals surface area (Å²) in [5.74, 6) is 0.0232. The molecule has 1 amide bonds. The van der Waals surface area contributed by atoms with Crippen LogP contribution < -0.4 is 10.6 Å². The SMILES string of the molecule is CCCCCNC(=O)c1ccc(Nc2ccccc2C(=O)OCC)nc1. The highest BCUT2D eigenvalue weighted by molar-refractivity contribution is 5.96. The molecule has 0 aliphatic carbocycles. The molecule has 0 unspecified atom stereocenters. The van der Waals surface area contributed by atoms with E-state index in [1.807, 2.05) is 6.07 Å². The molecule has 26 heavy (non-hydrogen) atoms. The van der Waals surface area contributed by atoms with Gasteiger partial charge in [-0.2, -0.15) is 0 Å². The zero-order valence-electron chi connectivity index (χ0n) is 15.2. The Bertz CT molecular complexity index is 729. The van der Waals surface area contributed by atoms with Crippen molar-refractivity contribution in [1.29, 1.82) is 0 Å². The first-order chi connectivity index (χ1) is 12.7. The second kappa shape index (κ2) is 10.2. The largest absolute Gasteiger partial charge is 0.462 e. The molecule has 2 rings (SSSR count). The lowest BCUT2D eigenvalue weighted by Crippen LogP contribution is -2.24. The predicted molar refractivity (Wildman–Crippen MR) is 102 cm³/mol. The van der Waals surface area contributed by atoms with Gasteiger partial charge in [-0.1, -0.05) is 31.9 Å². The number of pyridine rings is 1. The number of carbonyl (C=O) groups is 2. The van der Waals surface area contributed by atoms with Crippen molar-refractivity contribution >= 4 is 23.4 Å². The maximum absolute atomic E-state index is 12.1. The van der Waals surface area contributed by atoms with Crippen molar-refractivity contribution in [3.63, 3.8) is 0 Å². The number of ether oxygens (including phenoxy) is 1. The van der Waals surface area contributed by atoms with Crippen LogP contribution in [0.4, 0.5) is 11.5 Å². The zero-order valence-corrected chi connectivity index (χ0v) is 15.2. The summed E-state index contributed by atoms with van der Waals surface area (Å²) in [5, 5.41) is 5.97. The number of para-hydroxylation sites is 1. The van der Waals surface area contributed by atoms with E-state index in [-0.39, 0.29) is 5.91 Å². The third-order valence-electron chi connectivity index (χ3n) is 3.78. The average Bonchev–Trinajstić information content (AvgIpc) is 2.66. The molecule has 1 aromatic carbocycles. The summed E-state index contributed by atoms with van der Waals surface area (Å²) in [6, 6.07) is 10.5. The van der Waals surface area contributed by atoms with Crippen molar-refractivity contribution in [2.24, 2.45) is 0 Å². The van der Waals surface area contributed by atoms with Gasteiger partial charge in [0.2, 0.25) is 0 Å². The molecule has 1 heterocycles. The number of aromatic nitrogens is 1. The molecule has 138 valence electrons. The van der Waals surface area contributed by atoms with Crippen LogP contribution >= 0.6 is 0 Å². The van der Waals surface area contributed by atoms with E-state index >= 15 is 0 Å². The normalized spacial score (nSPS) is 10.2. The standard InChI is InChI=1S/C20H25N3O3/c1-3-5-8-13-21-19(24)15-11-12-18(22-14-15)23-17-10-7-6-9-16(17)20(25)26-4-2/h6-7,9-12,14H,3-5,8,13H2,1-2H3,(H,21,24)(H,22,23). The van der Waals surface area contributed by atoms with Gasteiger partial charge in [0.05, 0.1) is 23.4 Å². The van der Waals surface area contributed by atoms with Crippen LogP contribution in [0.3, 0.4) is 0 Å². The van der Waals surface area contributed by atoms with Gasteiger partial charge in [0.15, 0.2) is 0 Å². The topological polar surface area (TPSA) is 80.3 Å². The molecule has 0 saturated carbocycles. The Kier molecular flexibility index (Phi) is 7.61. The van der Waals surface area contributed by atoms with E-state index < -0.39 is 5.97 Å². The Labute approximate surface area is 154 Å². The van der Waals surface area contributed by atoms with Crippen LogP contribution in [-0.2, 0) is 4.74 Å². The highest BCUT2D eigenvalue weighted by Gasteiger charge is 2.12. The number of nitrogens with zero attached hydrogens (tertiary/aromatic N) is 1. The fourth-order valence-electron chi connectivity index (χ4n) is 2.40. The van der Waals surface area contributed by atoms with Crippen LogP contribution in [0.5, 0.6) is 0 Å². The van der Waals surface area contributed by atoms with E-state index in [4.69, 9.17) is 4.74 Å². The second-order valence-corrected chi connectivity index (χ2v) is 5.79. The summed E-state index contributed by atoms with van der Waals surface area (Å²) in [4.78, 5) is 28.3. The molecule has 0 spiro atoms. The Balaban J connectivity index is 2.01. The van der Waals surface area contributed by atoms with E-state index in [0.29, 0.717) is 35.8 Å². The van der Waals surface area contributed by atoms with Crippen molar-refractivity contribution < 1.29 is 14.3 Å². The Morgan fingerprint density at radius 3 is 2.58 bits per heavy atom. The minimum atomic E-state index is -0.390. The van der Waals surface area contributed by atoms with E-state index in [0.717, 1.165) is 19.3 Å². The number of hydrogen-bond donors (Lipinski definition) is 2. The fraction of sp³-hybridized carbons (Fsp3) is 0.350. The fourth-order valence-corrected chi connectivity index (χ4v) is 2.40. The first-order valence-corrected chi connectivity index (χ1v) is 8.93. The molecule has 0 aliphatic rings. The van der Waals surface area contributed by atoms with Gasteiger partial charge < -0.3 is 15.4 Å². The summed E-state index contributed by atoms with van der Waals surface area (Å²) in [6.07, 6.45) is 4.71. The molecule has 6 heteroatoms. The summed E-state index contributed by atoms with van der Waals surface area (Å²) < 4.78 is 5.06. The predicted octanol–water partition coefficient (Wildman–Crippen LogP) is 3.92. The van der Waals surface area contributed by atoms with Gasteiger partial charge in [-0.3, -0.25) is 4.79 Å². The molecule has 0 radical (unpaired) electrons. The van der Waals surface area contributed by atoms with Crippen molar-refractivity contribution in [3.8, 4) is 0 Å². The molecule has 0 fully saturated rings. The van der Waals surface area contributed by atoms with Gasteiger partial charge in [-0.15, -0.1) is 0 Å². The van der Waals surface area contributed by atoms with Gasteiger partial charge in [-0.25, -0.2) is 9.78 Å². The summed E-state index contributed by atoms with van der Waals surface area (Å²) in [5.41, 5.74) is 1.55. The molecule has 0 saturated heterocycles. The molecule has 0 atom stereocenters. The van der Waals surface area contributed by atoms with Crippen molar-refractivity contribution in [2.75, 3.05) is 18.5 Å². The van der Waals surface area contributed by atoms with Crippen LogP contribution in [0.25, 0.3) is 0 Å². The second-order valence-electron chi connectivity index (χ2n) is 5.79. The number of nitrogens with one attached hydrogen (secondary N) is 2. The highest BCUT2D eigenvalue weighted by Crippen LogP contribution is 2.20. The number of benzene rings is 1. The van der Waals surface area contributed by atoms with E-state index in [9.17, 15) is 9.59 Å². The number of rotatable bonds is 9. The number of hydrogen-bond acceptors (Lipinski definition) is 5. The van der Waals surface area contributed by atoms with E-state index in [1.165, 1.54) is 6.20 Å². The monoisotopic (exact) mass is 355 g/mol. The Hall–Kier alpha value is -2.89. The smallest absolute Gasteiger partial charge is 0.340 e. The Morgan fingerprint density at radius 1 is 1.08 bits per heavy atom. The van der Waals surface area contributed by atoms with E-state index in [2.05, 4.69) is 22.5 Å². The summed E-state index contributed by atoms with van der Waals surface area (Å²) >= 11 is 0. The molecule has 0 bridgehead atoms. The van der Waals surface area contributed by atoms with Crippen LogP contribution in [0.15, 0.2) is 42.6 Å². The molecule has 2 aromatic rings. The van der Waals surface area contributed by atoms with Crippen molar-refractivity contribution in [2.45, 2.75) is 33.1 Å². The lowest BCUT2D eigenvalue weighted by molar-refractivity contribution is 0.0527. The van der Waals surface area contributed by atoms with Gasteiger partial charge in [-0.05, 0) is 37.6 Å². The van der Waals surface area contributed by atoms with Gasteiger partial charge in [0, 0.05) is 12.7 Å².